The molecule has 0 unspecified atom stereocenters. The maximum atomic E-state index is 6.12. The summed E-state index contributed by atoms with van der Waals surface area (Å²) in [5.41, 5.74) is 4.11. The molecule has 2 rings (SSSR count). The highest BCUT2D eigenvalue weighted by atomic mass is 35.5. The van der Waals surface area contributed by atoms with E-state index in [1.165, 1.54) is 11.8 Å². The molecule has 6 nitrogen and oxygen atoms in total. The molecule has 0 aliphatic carbocycles. The molecule has 0 bridgehead atoms. The van der Waals surface area contributed by atoms with Gasteiger partial charge in [0.15, 0.2) is 11.0 Å². The average molecular weight is 285 g/mol. The lowest BCUT2D eigenvalue weighted by molar-refractivity contribution is 0.778. The summed E-state index contributed by atoms with van der Waals surface area (Å²) in [7, 11) is 0. The van der Waals surface area contributed by atoms with Crippen LogP contribution in [0.25, 0.3) is 5.82 Å². The molecule has 2 aromatic heterocycles. The highest BCUT2D eigenvalue weighted by Gasteiger charge is 2.13. The van der Waals surface area contributed by atoms with Crippen LogP contribution < -0.4 is 11.3 Å². The molecule has 0 saturated carbocycles. The van der Waals surface area contributed by atoms with Crippen molar-refractivity contribution in [1.82, 2.24) is 19.7 Å². The van der Waals surface area contributed by atoms with Gasteiger partial charge in [-0.1, -0.05) is 23.4 Å². The van der Waals surface area contributed by atoms with Crippen molar-refractivity contribution in [2.45, 2.75) is 19.0 Å². The van der Waals surface area contributed by atoms with Gasteiger partial charge in [0.2, 0.25) is 0 Å². The minimum atomic E-state index is 0.535. The maximum absolute atomic E-state index is 6.12. The first-order valence-electron chi connectivity index (χ1n) is 5.18. The summed E-state index contributed by atoms with van der Waals surface area (Å²) in [5.74, 6) is 6.56. The Morgan fingerprint density at radius 3 is 2.61 bits per heavy atom. The van der Waals surface area contributed by atoms with Gasteiger partial charge in [-0.2, -0.15) is 5.10 Å². The van der Waals surface area contributed by atoms with Crippen LogP contribution in [-0.2, 0) is 0 Å². The molecule has 96 valence electrons. The molecule has 0 aliphatic rings. The van der Waals surface area contributed by atoms with Crippen molar-refractivity contribution in [3.05, 3.63) is 22.5 Å². The summed E-state index contributed by atoms with van der Waals surface area (Å²) in [4.78, 5) is 8.58. The zero-order valence-corrected chi connectivity index (χ0v) is 11.8. The van der Waals surface area contributed by atoms with Crippen molar-refractivity contribution >= 4 is 29.2 Å². The number of rotatable bonds is 3. The lowest BCUT2D eigenvalue weighted by Gasteiger charge is -2.07. The second kappa shape index (κ2) is 5.13. The van der Waals surface area contributed by atoms with E-state index in [4.69, 9.17) is 17.4 Å². The van der Waals surface area contributed by atoms with E-state index < -0.39 is 0 Å². The van der Waals surface area contributed by atoms with E-state index in [1.54, 1.807) is 10.7 Å². The number of nitrogen functional groups attached to an aromatic ring is 1. The summed E-state index contributed by atoms with van der Waals surface area (Å²) in [5, 5.41) is 5.60. The van der Waals surface area contributed by atoms with Gasteiger partial charge in [0.1, 0.15) is 5.82 Å². The van der Waals surface area contributed by atoms with Crippen molar-refractivity contribution in [2.75, 3.05) is 11.7 Å². The van der Waals surface area contributed by atoms with Crippen LogP contribution >= 0.6 is 23.4 Å². The van der Waals surface area contributed by atoms with Gasteiger partial charge in [-0.05, 0) is 20.1 Å². The SMILES string of the molecule is CSc1nc(NN)cc(-n2nc(C)c(Cl)c2C)n1. The molecular formula is C10H13ClN6S. The first-order valence-corrected chi connectivity index (χ1v) is 6.79. The number of nitrogens with two attached hydrogens (primary N) is 1. The monoisotopic (exact) mass is 284 g/mol. The molecule has 3 N–H and O–H groups in total. The normalized spacial score (nSPS) is 10.7. The van der Waals surface area contributed by atoms with Gasteiger partial charge in [0, 0.05) is 6.07 Å². The lowest BCUT2D eigenvalue weighted by atomic mass is 10.4. The fourth-order valence-electron chi connectivity index (χ4n) is 1.53. The Morgan fingerprint density at radius 1 is 1.39 bits per heavy atom. The molecule has 0 fully saturated rings. The second-order valence-corrected chi connectivity index (χ2v) is 4.79. The molecular weight excluding hydrogens is 272 g/mol. The zero-order chi connectivity index (χ0) is 13.3. The zero-order valence-electron chi connectivity index (χ0n) is 10.2. The second-order valence-electron chi connectivity index (χ2n) is 3.64. The van der Waals surface area contributed by atoms with E-state index in [1.807, 2.05) is 20.1 Å². The largest absolute Gasteiger partial charge is 0.308 e. The number of halogens is 1. The number of anilines is 1. The van der Waals surface area contributed by atoms with Gasteiger partial charge in [0.05, 0.1) is 16.4 Å². The van der Waals surface area contributed by atoms with Crippen LogP contribution in [-0.4, -0.2) is 26.0 Å². The molecule has 2 aromatic rings. The standard InChI is InChI=1S/C10H13ClN6S/c1-5-9(11)6(2)17(16-5)8-4-7(15-12)13-10(14-8)18-3/h4H,12H2,1-3H3,(H,13,14,15). The molecule has 0 amide bonds. The van der Waals surface area contributed by atoms with Crippen LogP contribution in [0.2, 0.25) is 5.02 Å². The fraction of sp³-hybridized carbons (Fsp3) is 0.300. The van der Waals surface area contributed by atoms with Gasteiger partial charge >= 0.3 is 0 Å². The summed E-state index contributed by atoms with van der Waals surface area (Å²) in [6, 6.07) is 1.72. The third kappa shape index (κ3) is 2.29. The Morgan fingerprint density at radius 2 is 2.11 bits per heavy atom. The molecule has 18 heavy (non-hydrogen) atoms. The van der Waals surface area contributed by atoms with E-state index in [0.717, 1.165) is 11.4 Å². The van der Waals surface area contributed by atoms with Crippen molar-refractivity contribution in [3.8, 4) is 5.82 Å². The summed E-state index contributed by atoms with van der Waals surface area (Å²) < 4.78 is 1.68. The molecule has 0 atom stereocenters. The fourth-order valence-corrected chi connectivity index (χ4v) is 2.03. The van der Waals surface area contributed by atoms with Crippen molar-refractivity contribution in [3.63, 3.8) is 0 Å². The van der Waals surface area contributed by atoms with Gasteiger partial charge < -0.3 is 5.43 Å². The summed E-state index contributed by atoms with van der Waals surface area (Å²) in [6.07, 6.45) is 1.90. The number of thioether (sulfide) groups is 1. The Labute approximate surface area is 114 Å². The summed E-state index contributed by atoms with van der Waals surface area (Å²) >= 11 is 7.56. The molecule has 8 heteroatoms. The number of hydrogen-bond acceptors (Lipinski definition) is 6. The Balaban J connectivity index is 2.59. The first kappa shape index (κ1) is 13.1. The van der Waals surface area contributed by atoms with Crippen molar-refractivity contribution in [1.29, 1.82) is 0 Å². The molecule has 0 radical (unpaired) electrons. The quantitative estimate of drug-likeness (QED) is 0.388. The average Bonchev–Trinajstić information content (AvgIpc) is 2.65. The summed E-state index contributed by atoms with van der Waals surface area (Å²) in [6.45, 7) is 3.74. The topological polar surface area (TPSA) is 81.6 Å². The van der Waals surface area contributed by atoms with E-state index in [9.17, 15) is 0 Å². The molecule has 0 saturated heterocycles. The maximum Gasteiger partial charge on any atom is 0.191 e. The van der Waals surface area contributed by atoms with Crippen LogP contribution in [0, 0.1) is 13.8 Å². The predicted molar refractivity (Wildman–Crippen MR) is 73.2 cm³/mol. The number of nitrogens with one attached hydrogen (secondary N) is 1. The van der Waals surface area contributed by atoms with Crippen LogP contribution in [0.15, 0.2) is 11.2 Å². The van der Waals surface area contributed by atoms with E-state index in [0.29, 0.717) is 21.8 Å². The number of hydrogen-bond donors (Lipinski definition) is 2. The third-order valence-corrected chi connectivity index (χ3v) is 3.54. The van der Waals surface area contributed by atoms with Gasteiger partial charge in [-0.15, -0.1) is 0 Å². The van der Waals surface area contributed by atoms with E-state index in [2.05, 4.69) is 20.5 Å². The number of aromatic nitrogens is 4. The lowest BCUT2D eigenvalue weighted by Crippen LogP contribution is -2.12. The molecule has 0 spiro atoms. The van der Waals surface area contributed by atoms with Gasteiger partial charge in [-0.25, -0.2) is 20.5 Å². The van der Waals surface area contributed by atoms with Gasteiger partial charge in [0.25, 0.3) is 0 Å². The Kier molecular flexibility index (Phi) is 3.74. The van der Waals surface area contributed by atoms with Crippen LogP contribution in [0.3, 0.4) is 0 Å². The minimum absolute atomic E-state index is 0.535. The van der Waals surface area contributed by atoms with Crippen LogP contribution in [0.4, 0.5) is 5.82 Å². The van der Waals surface area contributed by atoms with Gasteiger partial charge in [-0.3, -0.25) is 0 Å². The number of nitrogens with zero attached hydrogens (tertiary/aromatic N) is 4. The van der Waals surface area contributed by atoms with E-state index >= 15 is 0 Å². The smallest absolute Gasteiger partial charge is 0.191 e. The Hall–Kier alpha value is -1.31. The van der Waals surface area contributed by atoms with Crippen molar-refractivity contribution < 1.29 is 0 Å². The first-order chi connectivity index (χ1) is 8.56. The predicted octanol–water partition coefficient (Wildman–Crippen LogP) is 1.94. The number of hydrazine groups is 1. The molecule has 0 aromatic carbocycles. The minimum Gasteiger partial charge on any atom is -0.308 e. The van der Waals surface area contributed by atoms with Crippen LogP contribution in [0.5, 0.6) is 0 Å². The molecule has 2 heterocycles. The Bertz CT molecular complexity index is 560. The van der Waals surface area contributed by atoms with Crippen LogP contribution in [0.1, 0.15) is 11.4 Å². The number of aryl methyl sites for hydroxylation is 1. The highest BCUT2D eigenvalue weighted by Crippen LogP contribution is 2.23. The third-order valence-electron chi connectivity index (χ3n) is 2.44. The van der Waals surface area contributed by atoms with Crippen molar-refractivity contribution in [2.24, 2.45) is 5.84 Å². The highest BCUT2D eigenvalue weighted by molar-refractivity contribution is 7.98. The molecule has 0 aliphatic heterocycles. The van der Waals surface area contributed by atoms with E-state index in [-0.39, 0.29) is 0 Å².